The van der Waals surface area contributed by atoms with Crippen LogP contribution in [0.2, 0.25) is 0 Å². The van der Waals surface area contributed by atoms with Gasteiger partial charge in [0, 0.05) is 18.7 Å². The molecule has 0 saturated heterocycles. The van der Waals surface area contributed by atoms with E-state index in [1.54, 1.807) is 24.3 Å². The molecule has 0 bridgehead atoms. The van der Waals surface area contributed by atoms with E-state index in [0.29, 0.717) is 30.9 Å². The summed E-state index contributed by atoms with van der Waals surface area (Å²) in [4.78, 5) is 16.0. The fraction of sp³-hybridized carbons (Fsp3) is 0.222. The number of carbonyl (C=O) groups excluding carboxylic acids is 1. The van der Waals surface area contributed by atoms with Gasteiger partial charge in [-0.05, 0) is 13.3 Å². The number of aryl methyl sites for hydroxylation is 2. The van der Waals surface area contributed by atoms with Crippen LogP contribution in [0.1, 0.15) is 27.9 Å². The van der Waals surface area contributed by atoms with Crippen molar-refractivity contribution in [2.75, 3.05) is 11.9 Å². The van der Waals surface area contributed by atoms with Gasteiger partial charge < -0.3 is 9.88 Å². The van der Waals surface area contributed by atoms with E-state index in [4.69, 9.17) is 0 Å². The van der Waals surface area contributed by atoms with Crippen LogP contribution in [-0.4, -0.2) is 21.9 Å². The largest absolute Gasteiger partial charge is 0.371 e. The Hall–Kier alpha value is -2.83. The molecule has 1 aliphatic rings. The average molecular weight is 345 g/mol. The minimum atomic E-state index is -1.55. The monoisotopic (exact) mass is 345 g/mol. The van der Waals surface area contributed by atoms with Crippen molar-refractivity contribution in [1.82, 2.24) is 9.55 Å². The summed E-state index contributed by atoms with van der Waals surface area (Å²) >= 11 is 0. The highest BCUT2D eigenvalue weighted by molar-refractivity contribution is 6.20. The molecule has 1 N–H and O–H groups in total. The Kier molecular flexibility index (Phi) is 3.52. The van der Waals surface area contributed by atoms with E-state index in [9.17, 15) is 18.0 Å². The SMILES string of the molecule is Cc1ccc(C(=O)c2c3n(c4c(F)nc(F)c(F)c24)CCCN3)cc1. The topological polar surface area (TPSA) is 46.9 Å². The molecule has 0 fully saturated rings. The van der Waals surface area contributed by atoms with E-state index in [2.05, 4.69) is 10.3 Å². The van der Waals surface area contributed by atoms with Crippen molar-refractivity contribution in [1.29, 1.82) is 0 Å². The molecule has 0 radical (unpaired) electrons. The summed E-state index contributed by atoms with van der Waals surface area (Å²) in [5.41, 5.74) is 1.05. The second-order valence-corrected chi connectivity index (χ2v) is 6.08. The predicted octanol–water partition coefficient (Wildman–Crippen LogP) is 3.81. The number of halogens is 3. The first kappa shape index (κ1) is 15.7. The Morgan fingerprint density at radius 2 is 1.88 bits per heavy atom. The van der Waals surface area contributed by atoms with Gasteiger partial charge >= 0.3 is 0 Å². The Balaban J connectivity index is 2.06. The van der Waals surface area contributed by atoms with Crippen molar-refractivity contribution in [2.45, 2.75) is 19.9 Å². The van der Waals surface area contributed by atoms with Crippen LogP contribution in [0.15, 0.2) is 24.3 Å². The number of fused-ring (bicyclic) bond motifs is 3. The van der Waals surface area contributed by atoms with Gasteiger partial charge in [-0.15, -0.1) is 0 Å². The summed E-state index contributed by atoms with van der Waals surface area (Å²) in [6, 6.07) is 6.74. The van der Waals surface area contributed by atoms with Crippen molar-refractivity contribution < 1.29 is 18.0 Å². The smallest absolute Gasteiger partial charge is 0.252 e. The van der Waals surface area contributed by atoms with Crippen LogP contribution in [-0.2, 0) is 6.54 Å². The quantitative estimate of drug-likeness (QED) is 0.568. The summed E-state index contributed by atoms with van der Waals surface area (Å²) < 4.78 is 43.9. The van der Waals surface area contributed by atoms with Crippen LogP contribution >= 0.6 is 0 Å². The molecule has 2 aromatic heterocycles. The lowest BCUT2D eigenvalue weighted by Crippen LogP contribution is -2.19. The number of aromatic nitrogens is 2. The Morgan fingerprint density at radius 3 is 2.60 bits per heavy atom. The van der Waals surface area contributed by atoms with E-state index in [-0.39, 0.29) is 16.5 Å². The van der Waals surface area contributed by atoms with Gasteiger partial charge in [-0.2, -0.15) is 13.8 Å². The zero-order valence-electron chi connectivity index (χ0n) is 13.4. The third-order valence-corrected chi connectivity index (χ3v) is 4.45. The molecule has 0 atom stereocenters. The molecule has 7 heteroatoms. The zero-order valence-corrected chi connectivity index (χ0v) is 13.4. The Labute approximate surface area is 141 Å². The van der Waals surface area contributed by atoms with E-state index >= 15 is 0 Å². The van der Waals surface area contributed by atoms with Crippen molar-refractivity contribution >= 4 is 22.5 Å². The lowest BCUT2D eigenvalue weighted by molar-refractivity contribution is 0.104. The molecule has 128 valence electrons. The first-order valence-corrected chi connectivity index (χ1v) is 7.91. The van der Waals surface area contributed by atoms with Crippen LogP contribution in [0, 0.1) is 24.6 Å². The Bertz CT molecular complexity index is 1010. The van der Waals surface area contributed by atoms with Crippen molar-refractivity contribution in [2.24, 2.45) is 0 Å². The van der Waals surface area contributed by atoms with Gasteiger partial charge in [-0.25, -0.2) is 4.39 Å². The van der Waals surface area contributed by atoms with E-state index < -0.39 is 23.5 Å². The van der Waals surface area contributed by atoms with Gasteiger partial charge in [0.15, 0.2) is 11.6 Å². The normalized spacial score (nSPS) is 13.6. The van der Waals surface area contributed by atoms with Gasteiger partial charge in [0.05, 0.1) is 10.9 Å². The fourth-order valence-corrected chi connectivity index (χ4v) is 3.26. The van der Waals surface area contributed by atoms with E-state index in [0.717, 1.165) is 5.56 Å². The van der Waals surface area contributed by atoms with Crippen LogP contribution in [0.4, 0.5) is 19.0 Å². The number of carbonyl (C=O) groups is 1. The summed E-state index contributed by atoms with van der Waals surface area (Å²) in [5, 5.41) is 2.65. The highest BCUT2D eigenvalue weighted by Crippen LogP contribution is 2.37. The lowest BCUT2D eigenvalue weighted by Gasteiger charge is -2.19. The van der Waals surface area contributed by atoms with E-state index in [1.165, 1.54) is 4.57 Å². The molecule has 3 aromatic rings. The number of nitrogens with zero attached hydrogens (tertiary/aromatic N) is 2. The summed E-state index contributed by atoms with van der Waals surface area (Å²) in [5.74, 6) is -4.17. The van der Waals surface area contributed by atoms with Crippen molar-refractivity contribution in [3.05, 3.63) is 58.7 Å². The van der Waals surface area contributed by atoms with Crippen LogP contribution in [0.3, 0.4) is 0 Å². The molecule has 1 aromatic carbocycles. The summed E-state index contributed by atoms with van der Waals surface area (Å²) in [6.45, 7) is 2.83. The molecule has 0 aliphatic carbocycles. The molecule has 0 saturated carbocycles. The number of pyridine rings is 1. The molecular formula is C18H14F3N3O. The zero-order chi connectivity index (χ0) is 17.7. The maximum Gasteiger partial charge on any atom is 0.252 e. The average Bonchev–Trinajstić information content (AvgIpc) is 2.95. The number of nitrogens with one attached hydrogen (secondary N) is 1. The van der Waals surface area contributed by atoms with Crippen LogP contribution < -0.4 is 5.32 Å². The van der Waals surface area contributed by atoms with Crippen LogP contribution in [0.25, 0.3) is 10.9 Å². The molecule has 4 rings (SSSR count). The number of hydrogen-bond donors (Lipinski definition) is 1. The number of ketones is 1. The van der Waals surface area contributed by atoms with Gasteiger partial charge in [0.25, 0.3) is 5.95 Å². The second kappa shape index (κ2) is 5.61. The number of rotatable bonds is 2. The minimum Gasteiger partial charge on any atom is -0.371 e. The molecule has 0 unspecified atom stereocenters. The highest BCUT2D eigenvalue weighted by Gasteiger charge is 2.31. The standard InChI is InChI=1S/C18H14F3N3O/c1-9-3-5-10(6-4-9)15(25)12-11-13(19)16(20)23-17(21)14(11)24-8-2-7-22-18(12)24/h3-6,22H,2,7-8H2,1H3. The molecule has 1 aliphatic heterocycles. The van der Waals surface area contributed by atoms with Crippen molar-refractivity contribution in [3.8, 4) is 0 Å². The highest BCUT2D eigenvalue weighted by atomic mass is 19.2. The summed E-state index contributed by atoms with van der Waals surface area (Å²) in [6.07, 6.45) is 0.674. The fourth-order valence-electron chi connectivity index (χ4n) is 3.26. The molecule has 25 heavy (non-hydrogen) atoms. The van der Waals surface area contributed by atoms with Crippen molar-refractivity contribution in [3.63, 3.8) is 0 Å². The number of hydrogen-bond acceptors (Lipinski definition) is 3. The maximum absolute atomic E-state index is 14.5. The first-order chi connectivity index (χ1) is 12.0. The maximum atomic E-state index is 14.5. The predicted molar refractivity (Wildman–Crippen MR) is 87.3 cm³/mol. The number of anilines is 1. The van der Waals surface area contributed by atoms with Gasteiger partial charge in [0.1, 0.15) is 11.3 Å². The molecule has 0 spiro atoms. The summed E-state index contributed by atoms with van der Waals surface area (Å²) in [7, 11) is 0. The molecule has 3 heterocycles. The first-order valence-electron chi connectivity index (χ1n) is 7.91. The molecular weight excluding hydrogens is 331 g/mol. The lowest BCUT2D eigenvalue weighted by atomic mass is 10.0. The van der Waals surface area contributed by atoms with E-state index in [1.807, 2.05) is 6.92 Å². The minimum absolute atomic E-state index is 0.0590. The third-order valence-electron chi connectivity index (χ3n) is 4.45. The third kappa shape index (κ3) is 2.30. The van der Waals surface area contributed by atoms with Gasteiger partial charge in [-0.3, -0.25) is 4.79 Å². The second-order valence-electron chi connectivity index (χ2n) is 6.08. The molecule has 0 amide bonds. The molecule has 4 nitrogen and oxygen atoms in total. The number of benzene rings is 1. The Morgan fingerprint density at radius 1 is 1.16 bits per heavy atom. The van der Waals surface area contributed by atoms with Gasteiger partial charge in [-0.1, -0.05) is 29.8 Å². The van der Waals surface area contributed by atoms with Gasteiger partial charge in [0.2, 0.25) is 5.95 Å². The van der Waals surface area contributed by atoms with Crippen LogP contribution in [0.5, 0.6) is 0 Å².